The van der Waals surface area contributed by atoms with Crippen molar-refractivity contribution < 1.29 is 9.90 Å². The molecule has 0 bridgehead atoms. The van der Waals surface area contributed by atoms with E-state index in [1.807, 2.05) is 11.3 Å². The Bertz CT molecular complexity index is 604. The van der Waals surface area contributed by atoms with Gasteiger partial charge in [-0.25, -0.2) is 4.98 Å². The Morgan fingerprint density at radius 2 is 2.33 bits per heavy atom. The quantitative estimate of drug-likeness (QED) is 0.846. The highest BCUT2D eigenvalue weighted by atomic mass is 16.4. The molecular formula is C11H13N5O2. The summed E-state index contributed by atoms with van der Waals surface area (Å²) in [6.07, 6.45) is 5.43. The number of carboxylic acid groups (broad SMARTS) is 1. The SMILES string of the molecule is Cc1nnc2c(N(CC(=O)O)C3CC3)nccn12. The summed E-state index contributed by atoms with van der Waals surface area (Å²) in [4.78, 5) is 17.0. The Hall–Kier alpha value is -2.18. The highest BCUT2D eigenvalue weighted by Crippen LogP contribution is 2.31. The number of aryl methyl sites for hydroxylation is 1. The maximum atomic E-state index is 10.9. The molecule has 0 spiro atoms. The average molecular weight is 247 g/mol. The molecule has 0 saturated heterocycles. The first-order chi connectivity index (χ1) is 8.66. The van der Waals surface area contributed by atoms with Crippen LogP contribution in [0.2, 0.25) is 0 Å². The van der Waals surface area contributed by atoms with Gasteiger partial charge in [0.25, 0.3) is 0 Å². The molecule has 0 aliphatic heterocycles. The molecule has 2 aromatic rings. The molecule has 3 rings (SSSR count). The predicted molar refractivity (Wildman–Crippen MR) is 63.5 cm³/mol. The maximum Gasteiger partial charge on any atom is 0.323 e. The van der Waals surface area contributed by atoms with Crippen LogP contribution in [0.5, 0.6) is 0 Å². The third kappa shape index (κ3) is 1.77. The van der Waals surface area contributed by atoms with Crippen LogP contribution in [-0.4, -0.2) is 43.2 Å². The molecule has 0 atom stereocenters. The zero-order valence-electron chi connectivity index (χ0n) is 9.94. The van der Waals surface area contributed by atoms with Crippen LogP contribution in [-0.2, 0) is 4.79 Å². The molecule has 94 valence electrons. The van der Waals surface area contributed by atoms with Crippen molar-refractivity contribution in [2.24, 2.45) is 0 Å². The van der Waals surface area contributed by atoms with Crippen molar-refractivity contribution in [3.63, 3.8) is 0 Å². The van der Waals surface area contributed by atoms with E-state index in [2.05, 4.69) is 15.2 Å². The van der Waals surface area contributed by atoms with Gasteiger partial charge in [-0.1, -0.05) is 0 Å². The summed E-state index contributed by atoms with van der Waals surface area (Å²) >= 11 is 0. The Morgan fingerprint density at radius 1 is 1.56 bits per heavy atom. The molecule has 0 radical (unpaired) electrons. The summed E-state index contributed by atoms with van der Waals surface area (Å²) in [5.41, 5.74) is 0.614. The third-order valence-electron chi connectivity index (χ3n) is 3.04. The number of aromatic nitrogens is 4. The van der Waals surface area contributed by atoms with Crippen LogP contribution >= 0.6 is 0 Å². The number of hydrogen-bond donors (Lipinski definition) is 1. The van der Waals surface area contributed by atoms with Gasteiger partial charge in [-0.15, -0.1) is 10.2 Å². The molecular weight excluding hydrogens is 234 g/mol. The number of rotatable bonds is 4. The molecule has 0 unspecified atom stereocenters. The van der Waals surface area contributed by atoms with E-state index in [1.165, 1.54) is 0 Å². The second-order valence-corrected chi connectivity index (χ2v) is 4.44. The summed E-state index contributed by atoms with van der Waals surface area (Å²) in [6, 6.07) is 0.261. The van der Waals surface area contributed by atoms with E-state index in [9.17, 15) is 4.79 Å². The molecule has 1 fully saturated rings. The Balaban J connectivity index is 2.08. The molecule has 1 aliphatic carbocycles. The standard InChI is InChI=1S/C11H13N5O2/c1-7-13-14-11-10(12-4-5-15(7)11)16(6-9(17)18)8-2-3-8/h4-5,8H,2-3,6H2,1H3,(H,17,18). The lowest BCUT2D eigenvalue weighted by Crippen LogP contribution is -2.32. The van der Waals surface area contributed by atoms with Crippen LogP contribution in [0.15, 0.2) is 12.4 Å². The summed E-state index contributed by atoms with van der Waals surface area (Å²) in [7, 11) is 0. The molecule has 18 heavy (non-hydrogen) atoms. The van der Waals surface area contributed by atoms with E-state index in [1.54, 1.807) is 17.3 Å². The Morgan fingerprint density at radius 3 is 3.00 bits per heavy atom. The summed E-state index contributed by atoms with van der Waals surface area (Å²) in [5.74, 6) is 0.504. The topological polar surface area (TPSA) is 83.6 Å². The van der Waals surface area contributed by atoms with Gasteiger partial charge in [0.15, 0.2) is 5.82 Å². The van der Waals surface area contributed by atoms with Gasteiger partial charge in [0.05, 0.1) is 0 Å². The van der Waals surface area contributed by atoms with Gasteiger partial charge in [-0.3, -0.25) is 9.20 Å². The summed E-state index contributed by atoms with van der Waals surface area (Å²) in [5, 5.41) is 17.1. The van der Waals surface area contributed by atoms with Gasteiger partial charge in [-0.05, 0) is 19.8 Å². The van der Waals surface area contributed by atoms with Crippen molar-refractivity contribution in [2.45, 2.75) is 25.8 Å². The molecule has 1 N–H and O–H groups in total. The molecule has 2 heterocycles. The molecule has 0 amide bonds. The summed E-state index contributed by atoms with van der Waals surface area (Å²) in [6.45, 7) is 1.80. The van der Waals surface area contributed by atoms with Gasteiger partial charge in [0.2, 0.25) is 5.65 Å². The lowest BCUT2D eigenvalue weighted by molar-refractivity contribution is -0.135. The number of nitrogens with zero attached hydrogens (tertiary/aromatic N) is 5. The molecule has 1 saturated carbocycles. The Labute approximate surface area is 103 Å². The van der Waals surface area contributed by atoms with Crippen LogP contribution in [0.4, 0.5) is 5.82 Å². The monoisotopic (exact) mass is 247 g/mol. The number of anilines is 1. The summed E-state index contributed by atoms with van der Waals surface area (Å²) < 4.78 is 1.82. The molecule has 7 heteroatoms. The van der Waals surface area contributed by atoms with Crippen LogP contribution in [0.25, 0.3) is 5.65 Å². The lowest BCUT2D eigenvalue weighted by Gasteiger charge is -2.21. The second-order valence-electron chi connectivity index (χ2n) is 4.44. The zero-order chi connectivity index (χ0) is 12.7. The molecule has 1 aliphatic rings. The average Bonchev–Trinajstić information content (AvgIpc) is 3.11. The van der Waals surface area contributed by atoms with Crippen molar-refractivity contribution in [2.75, 3.05) is 11.4 Å². The van der Waals surface area contributed by atoms with Crippen LogP contribution < -0.4 is 4.90 Å². The van der Waals surface area contributed by atoms with E-state index < -0.39 is 5.97 Å². The van der Waals surface area contributed by atoms with Gasteiger partial charge < -0.3 is 10.0 Å². The number of carboxylic acids is 1. The van der Waals surface area contributed by atoms with E-state index in [-0.39, 0.29) is 12.6 Å². The van der Waals surface area contributed by atoms with E-state index in [0.29, 0.717) is 11.5 Å². The highest BCUT2D eigenvalue weighted by Gasteiger charge is 2.33. The van der Waals surface area contributed by atoms with E-state index in [0.717, 1.165) is 18.7 Å². The number of hydrogen-bond acceptors (Lipinski definition) is 5. The molecule has 7 nitrogen and oxygen atoms in total. The first-order valence-electron chi connectivity index (χ1n) is 5.81. The van der Waals surface area contributed by atoms with Gasteiger partial charge in [0, 0.05) is 18.4 Å². The normalized spacial score (nSPS) is 14.9. The van der Waals surface area contributed by atoms with Crippen LogP contribution in [0.1, 0.15) is 18.7 Å². The van der Waals surface area contributed by atoms with Gasteiger partial charge in [0.1, 0.15) is 12.4 Å². The lowest BCUT2D eigenvalue weighted by atomic mass is 10.4. The zero-order valence-corrected chi connectivity index (χ0v) is 9.94. The predicted octanol–water partition coefficient (Wildman–Crippen LogP) is 0.486. The van der Waals surface area contributed by atoms with Gasteiger partial charge >= 0.3 is 5.97 Å². The fraction of sp³-hybridized carbons (Fsp3) is 0.455. The minimum absolute atomic E-state index is 0.0523. The van der Waals surface area contributed by atoms with Crippen molar-refractivity contribution in [1.29, 1.82) is 0 Å². The van der Waals surface area contributed by atoms with Crippen molar-refractivity contribution in [3.8, 4) is 0 Å². The molecule has 0 aromatic carbocycles. The fourth-order valence-electron chi connectivity index (χ4n) is 2.04. The van der Waals surface area contributed by atoms with Crippen molar-refractivity contribution >= 4 is 17.4 Å². The van der Waals surface area contributed by atoms with E-state index in [4.69, 9.17) is 5.11 Å². The van der Waals surface area contributed by atoms with Crippen LogP contribution in [0.3, 0.4) is 0 Å². The van der Waals surface area contributed by atoms with Crippen molar-refractivity contribution in [1.82, 2.24) is 19.6 Å². The fourth-order valence-corrected chi connectivity index (χ4v) is 2.04. The number of carbonyl (C=O) groups is 1. The van der Waals surface area contributed by atoms with Crippen molar-refractivity contribution in [3.05, 3.63) is 18.2 Å². The smallest absolute Gasteiger partial charge is 0.323 e. The largest absolute Gasteiger partial charge is 0.480 e. The Kier molecular flexibility index (Phi) is 2.39. The van der Waals surface area contributed by atoms with E-state index >= 15 is 0 Å². The third-order valence-corrected chi connectivity index (χ3v) is 3.04. The first-order valence-corrected chi connectivity index (χ1v) is 5.81. The molecule has 2 aromatic heterocycles. The van der Waals surface area contributed by atoms with Crippen LogP contribution in [0, 0.1) is 6.92 Å². The minimum Gasteiger partial charge on any atom is -0.480 e. The van der Waals surface area contributed by atoms with Gasteiger partial charge in [-0.2, -0.15) is 0 Å². The minimum atomic E-state index is -0.859. The first kappa shape index (κ1) is 10.9. The maximum absolute atomic E-state index is 10.9. The number of fused-ring (bicyclic) bond motifs is 1. The highest BCUT2D eigenvalue weighted by molar-refractivity contribution is 5.76. The second kappa shape index (κ2) is 3.94. The number of aliphatic carboxylic acids is 1.